The highest BCUT2D eigenvalue weighted by molar-refractivity contribution is 7.88. The number of aromatic nitrogens is 2. The van der Waals surface area contributed by atoms with Gasteiger partial charge in [0.25, 0.3) is 0 Å². The monoisotopic (exact) mass is 476 g/mol. The molecule has 0 saturated carbocycles. The summed E-state index contributed by atoms with van der Waals surface area (Å²) in [5, 5.41) is 0. The Morgan fingerprint density at radius 2 is 1.53 bits per heavy atom. The first-order valence-electron chi connectivity index (χ1n) is 11.4. The Labute approximate surface area is 200 Å². The number of imidazole rings is 1. The molecule has 1 fully saturated rings. The first-order chi connectivity index (χ1) is 16.5. The summed E-state index contributed by atoms with van der Waals surface area (Å²) in [6.07, 6.45) is 0. The maximum atomic E-state index is 12.9. The van der Waals surface area contributed by atoms with Crippen LogP contribution in [0.1, 0.15) is 11.4 Å². The molecular weight excluding hydrogens is 448 g/mol. The minimum Gasteiger partial charge on any atom is -0.497 e. The lowest BCUT2D eigenvalue weighted by molar-refractivity contribution is 0.177. The topological polar surface area (TPSA) is 67.7 Å². The van der Waals surface area contributed by atoms with Gasteiger partial charge in [-0.15, -0.1) is 0 Å². The van der Waals surface area contributed by atoms with Crippen LogP contribution in [-0.2, 0) is 22.3 Å². The highest BCUT2D eigenvalue weighted by Gasteiger charge is 2.28. The van der Waals surface area contributed by atoms with Crippen molar-refractivity contribution in [2.75, 3.05) is 33.3 Å². The van der Waals surface area contributed by atoms with Crippen LogP contribution in [0.4, 0.5) is 0 Å². The SMILES string of the molecule is COc1ccc(-n2c(CN3CCN(S(=O)(=O)Cc4ccccc4)CC3)nc3ccccc32)cc1. The Bertz CT molecular complexity index is 1360. The Kier molecular flexibility index (Phi) is 6.36. The molecule has 0 N–H and O–H groups in total. The zero-order chi connectivity index (χ0) is 23.5. The molecule has 3 aromatic carbocycles. The molecule has 4 aromatic rings. The van der Waals surface area contributed by atoms with Crippen LogP contribution in [0.15, 0.2) is 78.9 Å². The molecule has 0 aliphatic carbocycles. The minimum atomic E-state index is -3.34. The van der Waals surface area contributed by atoms with Crippen molar-refractivity contribution in [2.45, 2.75) is 12.3 Å². The summed E-state index contributed by atoms with van der Waals surface area (Å²) < 4.78 is 34.9. The quantitative estimate of drug-likeness (QED) is 0.407. The van der Waals surface area contributed by atoms with Crippen molar-refractivity contribution in [1.82, 2.24) is 18.8 Å². The van der Waals surface area contributed by atoms with Crippen LogP contribution in [-0.4, -0.2) is 60.5 Å². The average Bonchev–Trinajstić information content (AvgIpc) is 3.22. The number of methoxy groups -OCH3 is 1. The predicted molar refractivity (Wildman–Crippen MR) is 134 cm³/mol. The van der Waals surface area contributed by atoms with E-state index < -0.39 is 10.0 Å². The number of ether oxygens (including phenoxy) is 1. The van der Waals surface area contributed by atoms with E-state index in [0.29, 0.717) is 32.7 Å². The lowest BCUT2D eigenvalue weighted by Crippen LogP contribution is -2.48. The van der Waals surface area contributed by atoms with E-state index in [1.165, 1.54) is 0 Å². The van der Waals surface area contributed by atoms with Gasteiger partial charge in [0.15, 0.2) is 0 Å². The number of para-hydroxylation sites is 2. The normalized spacial score (nSPS) is 15.6. The van der Waals surface area contributed by atoms with Gasteiger partial charge in [-0.05, 0) is 42.0 Å². The van der Waals surface area contributed by atoms with E-state index in [-0.39, 0.29) is 5.75 Å². The van der Waals surface area contributed by atoms with Crippen molar-refractivity contribution in [3.8, 4) is 11.4 Å². The molecular formula is C26H28N4O3S. The fourth-order valence-corrected chi connectivity index (χ4v) is 5.96. The van der Waals surface area contributed by atoms with Gasteiger partial charge in [-0.2, -0.15) is 4.31 Å². The Morgan fingerprint density at radius 3 is 2.24 bits per heavy atom. The van der Waals surface area contributed by atoms with Crippen LogP contribution in [0, 0.1) is 0 Å². The van der Waals surface area contributed by atoms with Gasteiger partial charge in [-0.3, -0.25) is 9.47 Å². The number of rotatable bonds is 7. The van der Waals surface area contributed by atoms with Gasteiger partial charge in [0.2, 0.25) is 10.0 Å². The first-order valence-corrected chi connectivity index (χ1v) is 13.0. The molecule has 8 heteroatoms. The molecule has 0 atom stereocenters. The second kappa shape index (κ2) is 9.58. The molecule has 0 radical (unpaired) electrons. The Balaban J connectivity index is 1.33. The average molecular weight is 477 g/mol. The molecule has 34 heavy (non-hydrogen) atoms. The molecule has 0 bridgehead atoms. The van der Waals surface area contributed by atoms with Crippen molar-refractivity contribution in [3.63, 3.8) is 0 Å². The maximum absolute atomic E-state index is 12.9. The lowest BCUT2D eigenvalue weighted by Gasteiger charge is -2.33. The number of hydrogen-bond donors (Lipinski definition) is 0. The van der Waals surface area contributed by atoms with Crippen LogP contribution < -0.4 is 4.74 Å². The van der Waals surface area contributed by atoms with Crippen molar-refractivity contribution in [3.05, 3.63) is 90.3 Å². The lowest BCUT2D eigenvalue weighted by atomic mass is 10.2. The van der Waals surface area contributed by atoms with Gasteiger partial charge >= 0.3 is 0 Å². The molecule has 1 aliphatic heterocycles. The molecule has 1 aliphatic rings. The van der Waals surface area contributed by atoms with E-state index >= 15 is 0 Å². The number of sulfonamides is 1. The van der Waals surface area contributed by atoms with Crippen LogP contribution in [0.2, 0.25) is 0 Å². The van der Waals surface area contributed by atoms with Gasteiger partial charge in [-0.1, -0.05) is 42.5 Å². The van der Waals surface area contributed by atoms with Crippen molar-refractivity contribution in [1.29, 1.82) is 0 Å². The summed E-state index contributed by atoms with van der Waals surface area (Å²) in [6.45, 7) is 2.95. The third kappa shape index (κ3) is 4.70. The molecule has 0 amide bonds. The molecule has 7 nitrogen and oxygen atoms in total. The fourth-order valence-electron chi connectivity index (χ4n) is 4.44. The smallest absolute Gasteiger partial charge is 0.218 e. The maximum Gasteiger partial charge on any atom is 0.218 e. The number of nitrogens with zero attached hydrogens (tertiary/aromatic N) is 4. The van der Waals surface area contributed by atoms with Crippen LogP contribution >= 0.6 is 0 Å². The highest BCUT2D eigenvalue weighted by atomic mass is 32.2. The van der Waals surface area contributed by atoms with Crippen molar-refractivity contribution >= 4 is 21.1 Å². The number of benzene rings is 3. The largest absolute Gasteiger partial charge is 0.497 e. The van der Waals surface area contributed by atoms with Gasteiger partial charge in [0, 0.05) is 31.9 Å². The van der Waals surface area contributed by atoms with E-state index in [2.05, 4.69) is 15.5 Å². The second-order valence-corrected chi connectivity index (χ2v) is 10.4. The zero-order valence-electron chi connectivity index (χ0n) is 19.2. The summed E-state index contributed by atoms with van der Waals surface area (Å²) in [5.74, 6) is 1.79. The molecule has 1 saturated heterocycles. The van der Waals surface area contributed by atoms with Gasteiger partial charge < -0.3 is 4.74 Å². The summed E-state index contributed by atoms with van der Waals surface area (Å²) in [5.41, 5.74) is 3.83. The molecule has 5 rings (SSSR count). The summed E-state index contributed by atoms with van der Waals surface area (Å²) in [7, 11) is -1.68. The van der Waals surface area contributed by atoms with Crippen LogP contribution in [0.3, 0.4) is 0 Å². The number of fused-ring (bicyclic) bond motifs is 1. The summed E-state index contributed by atoms with van der Waals surface area (Å²) in [6, 6.07) is 25.4. The fraction of sp³-hybridized carbons (Fsp3) is 0.269. The minimum absolute atomic E-state index is 0.0428. The van der Waals surface area contributed by atoms with Gasteiger partial charge in [0.1, 0.15) is 11.6 Å². The predicted octanol–water partition coefficient (Wildman–Crippen LogP) is 3.68. The third-order valence-electron chi connectivity index (χ3n) is 6.24. The Morgan fingerprint density at radius 1 is 0.853 bits per heavy atom. The van der Waals surface area contributed by atoms with E-state index in [1.807, 2.05) is 72.8 Å². The standard InChI is InChI=1S/C26H28N4O3S/c1-33-23-13-11-22(12-14-23)30-25-10-6-5-9-24(25)27-26(30)19-28-15-17-29(18-16-28)34(31,32)20-21-7-3-2-4-8-21/h2-14H,15-20H2,1H3. The summed E-state index contributed by atoms with van der Waals surface area (Å²) in [4.78, 5) is 7.18. The number of piperazine rings is 1. The summed E-state index contributed by atoms with van der Waals surface area (Å²) >= 11 is 0. The molecule has 0 spiro atoms. The highest BCUT2D eigenvalue weighted by Crippen LogP contribution is 2.25. The van der Waals surface area contributed by atoms with Crippen LogP contribution in [0.5, 0.6) is 5.75 Å². The first kappa shape index (κ1) is 22.6. The van der Waals surface area contributed by atoms with Gasteiger partial charge in [-0.25, -0.2) is 13.4 Å². The third-order valence-corrected chi connectivity index (χ3v) is 8.09. The number of hydrogen-bond acceptors (Lipinski definition) is 5. The molecule has 2 heterocycles. The van der Waals surface area contributed by atoms with Crippen molar-refractivity contribution in [2.24, 2.45) is 0 Å². The molecule has 1 aromatic heterocycles. The van der Waals surface area contributed by atoms with E-state index in [1.54, 1.807) is 11.4 Å². The van der Waals surface area contributed by atoms with E-state index in [0.717, 1.165) is 33.9 Å². The van der Waals surface area contributed by atoms with E-state index in [9.17, 15) is 8.42 Å². The molecule has 176 valence electrons. The second-order valence-electron chi connectivity index (χ2n) is 8.47. The van der Waals surface area contributed by atoms with Gasteiger partial charge in [0.05, 0.1) is 30.4 Å². The zero-order valence-corrected chi connectivity index (χ0v) is 20.0. The molecule has 0 unspecified atom stereocenters. The Hall–Kier alpha value is -3.20. The van der Waals surface area contributed by atoms with Crippen LogP contribution in [0.25, 0.3) is 16.7 Å². The van der Waals surface area contributed by atoms with E-state index in [4.69, 9.17) is 9.72 Å². The van der Waals surface area contributed by atoms with Crippen molar-refractivity contribution < 1.29 is 13.2 Å².